The Balaban J connectivity index is 1.31. The van der Waals surface area contributed by atoms with Crippen molar-refractivity contribution in [2.75, 3.05) is 33.4 Å². The van der Waals surface area contributed by atoms with Crippen LogP contribution in [0.3, 0.4) is 0 Å². The van der Waals surface area contributed by atoms with Gasteiger partial charge in [-0.25, -0.2) is 0 Å². The highest BCUT2D eigenvalue weighted by Crippen LogP contribution is 2.36. The number of rotatable bonds is 7. The summed E-state index contributed by atoms with van der Waals surface area (Å²) in [5.41, 5.74) is 0. The summed E-state index contributed by atoms with van der Waals surface area (Å²) in [5, 5.41) is 10.8. The zero-order valence-corrected chi connectivity index (χ0v) is 15.5. The lowest BCUT2D eigenvalue weighted by molar-refractivity contribution is -0.0391. The van der Waals surface area contributed by atoms with Crippen LogP contribution in [0.5, 0.6) is 0 Å². The third-order valence-corrected chi connectivity index (χ3v) is 6.70. The van der Waals surface area contributed by atoms with Crippen molar-refractivity contribution < 1.29 is 14.6 Å². The average molecular weight is 340 g/mol. The molecule has 3 aliphatic rings. The molecule has 2 saturated carbocycles. The Morgan fingerprint density at radius 1 is 0.875 bits per heavy atom. The van der Waals surface area contributed by atoms with E-state index in [1.165, 1.54) is 25.9 Å². The number of methoxy groups -OCH3 is 1. The molecule has 1 aliphatic heterocycles. The van der Waals surface area contributed by atoms with E-state index < -0.39 is 0 Å². The molecule has 0 aromatic carbocycles. The van der Waals surface area contributed by atoms with Crippen molar-refractivity contribution in [1.29, 1.82) is 0 Å². The van der Waals surface area contributed by atoms with E-state index in [4.69, 9.17) is 9.47 Å². The van der Waals surface area contributed by atoms with Crippen molar-refractivity contribution in [3.05, 3.63) is 0 Å². The lowest BCUT2D eigenvalue weighted by Gasteiger charge is -2.37. The largest absolute Gasteiger partial charge is 0.393 e. The van der Waals surface area contributed by atoms with E-state index in [0.717, 1.165) is 64.5 Å². The molecule has 1 saturated heterocycles. The van der Waals surface area contributed by atoms with Crippen molar-refractivity contribution in [2.24, 2.45) is 11.8 Å². The lowest BCUT2D eigenvalue weighted by Crippen LogP contribution is -2.37. The molecule has 3 rings (SSSR count). The minimum atomic E-state index is -0.103. The van der Waals surface area contributed by atoms with E-state index >= 15 is 0 Å². The second kappa shape index (κ2) is 9.51. The highest BCUT2D eigenvalue weighted by molar-refractivity contribution is 4.85. The molecule has 1 heterocycles. The quantitative estimate of drug-likeness (QED) is 0.773. The molecule has 0 aromatic rings. The summed E-state index contributed by atoms with van der Waals surface area (Å²) in [6.45, 7) is 4.51. The summed E-state index contributed by atoms with van der Waals surface area (Å²) in [7, 11) is 1.81. The average Bonchev–Trinajstić information content (AvgIpc) is 3.15. The van der Waals surface area contributed by atoms with Gasteiger partial charge in [-0.15, -0.1) is 0 Å². The van der Waals surface area contributed by atoms with Gasteiger partial charge in [-0.2, -0.15) is 0 Å². The maximum absolute atomic E-state index is 10.8. The van der Waals surface area contributed by atoms with Gasteiger partial charge in [-0.3, -0.25) is 0 Å². The van der Waals surface area contributed by atoms with E-state index in [9.17, 15) is 5.11 Å². The maximum atomic E-state index is 10.8. The Morgan fingerprint density at radius 3 is 1.96 bits per heavy atom. The van der Waals surface area contributed by atoms with Crippen LogP contribution < -0.4 is 0 Å². The summed E-state index contributed by atoms with van der Waals surface area (Å²) in [4.78, 5) is 2.52. The minimum absolute atomic E-state index is 0.103. The first kappa shape index (κ1) is 18.6. The van der Waals surface area contributed by atoms with Gasteiger partial charge in [0.2, 0.25) is 0 Å². The fraction of sp³-hybridized carbons (Fsp3) is 1.00. The second-order valence-electron chi connectivity index (χ2n) is 8.22. The summed E-state index contributed by atoms with van der Waals surface area (Å²) >= 11 is 0. The number of nitrogens with zero attached hydrogens (tertiary/aromatic N) is 1. The predicted molar refractivity (Wildman–Crippen MR) is 96.1 cm³/mol. The highest BCUT2D eigenvalue weighted by atomic mass is 16.5. The number of hydrogen-bond acceptors (Lipinski definition) is 4. The smallest absolute Gasteiger partial charge is 0.0597 e. The van der Waals surface area contributed by atoms with Crippen molar-refractivity contribution in [3.63, 3.8) is 0 Å². The highest BCUT2D eigenvalue weighted by Gasteiger charge is 2.34. The molecular formula is C20H37NO3. The van der Waals surface area contributed by atoms with E-state index in [1.807, 2.05) is 7.11 Å². The molecule has 2 aliphatic carbocycles. The van der Waals surface area contributed by atoms with Crippen LogP contribution in [-0.4, -0.2) is 61.7 Å². The standard InChI is InChI=1S/C20H37NO3/c1-23-18-8-4-16(5-9-18)20(22)17-6-10-19(11-7-17)24-15-14-21-12-2-3-13-21/h16-20,22H,2-15H2,1H3. The van der Waals surface area contributed by atoms with Crippen LogP contribution in [0.25, 0.3) is 0 Å². The number of ether oxygens (including phenoxy) is 2. The van der Waals surface area contributed by atoms with Gasteiger partial charge in [0.25, 0.3) is 0 Å². The Hall–Kier alpha value is -0.160. The van der Waals surface area contributed by atoms with Crippen molar-refractivity contribution in [2.45, 2.75) is 82.5 Å². The molecular weight excluding hydrogens is 302 g/mol. The first-order chi connectivity index (χ1) is 11.8. The zero-order valence-electron chi connectivity index (χ0n) is 15.5. The number of likely N-dealkylation sites (tertiary alicyclic amines) is 1. The van der Waals surface area contributed by atoms with E-state index in [2.05, 4.69) is 4.90 Å². The first-order valence-corrected chi connectivity index (χ1v) is 10.3. The van der Waals surface area contributed by atoms with E-state index in [-0.39, 0.29) is 6.10 Å². The van der Waals surface area contributed by atoms with Gasteiger partial charge in [0.15, 0.2) is 0 Å². The van der Waals surface area contributed by atoms with Gasteiger partial charge in [0.1, 0.15) is 0 Å². The maximum Gasteiger partial charge on any atom is 0.0597 e. The summed E-state index contributed by atoms with van der Waals surface area (Å²) < 4.78 is 11.6. The predicted octanol–water partition coefficient (Wildman–Crippen LogP) is 3.22. The fourth-order valence-electron chi connectivity index (χ4n) is 5.00. The second-order valence-corrected chi connectivity index (χ2v) is 8.22. The van der Waals surface area contributed by atoms with Crippen LogP contribution in [0.15, 0.2) is 0 Å². The molecule has 24 heavy (non-hydrogen) atoms. The van der Waals surface area contributed by atoms with Gasteiger partial charge in [0.05, 0.1) is 24.9 Å². The summed E-state index contributed by atoms with van der Waals surface area (Å²) in [6.07, 6.45) is 12.5. The van der Waals surface area contributed by atoms with E-state index in [1.54, 1.807) is 0 Å². The lowest BCUT2D eigenvalue weighted by atomic mass is 9.74. The normalized spacial score (nSPS) is 36.8. The Kier molecular flexibility index (Phi) is 7.38. The fourth-order valence-corrected chi connectivity index (χ4v) is 5.00. The molecule has 140 valence electrons. The molecule has 0 radical (unpaired) electrons. The molecule has 1 N–H and O–H groups in total. The van der Waals surface area contributed by atoms with Crippen LogP contribution in [0.2, 0.25) is 0 Å². The Morgan fingerprint density at radius 2 is 1.42 bits per heavy atom. The van der Waals surface area contributed by atoms with Crippen LogP contribution in [0.1, 0.15) is 64.2 Å². The molecule has 4 heteroatoms. The number of hydrogen-bond donors (Lipinski definition) is 1. The molecule has 1 atom stereocenters. The molecule has 4 nitrogen and oxygen atoms in total. The van der Waals surface area contributed by atoms with Crippen molar-refractivity contribution in [1.82, 2.24) is 4.90 Å². The molecule has 0 bridgehead atoms. The third-order valence-electron chi connectivity index (χ3n) is 6.70. The molecule has 1 unspecified atom stereocenters. The zero-order chi connectivity index (χ0) is 16.8. The third kappa shape index (κ3) is 5.17. The van der Waals surface area contributed by atoms with Crippen LogP contribution >= 0.6 is 0 Å². The van der Waals surface area contributed by atoms with Crippen LogP contribution in [-0.2, 0) is 9.47 Å². The monoisotopic (exact) mass is 339 g/mol. The first-order valence-electron chi connectivity index (χ1n) is 10.3. The Labute approximate surface area is 147 Å². The molecule has 0 spiro atoms. The van der Waals surface area contributed by atoms with Crippen LogP contribution in [0.4, 0.5) is 0 Å². The topological polar surface area (TPSA) is 41.9 Å². The van der Waals surface area contributed by atoms with Crippen molar-refractivity contribution in [3.8, 4) is 0 Å². The summed E-state index contributed by atoms with van der Waals surface area (Å²) in [5.74, 6) is 0.988. The number of aliphatic hydroxyl groups excluding tert-OH is 1. The molecule has 0 amide bonds. The van der Waals surface area contributed by atoms with Crippen LogP contribution in [0, 0.1) is 11.8 Å². The SMILES string of the molecule is COC1CCC(C(O)C2CCC(OCCN3CCCC3)CC2)CC1. The molecule has 3 fully saturated rings. The van der Waals surface area contributed by atoms with Gasteiger partial charge in [-0.1, -0.05) is 0 Å². The van der Waals surface area contributed by atoms with Crippen molar-refractivity contribution >= 4 is 0 Å². The van der Waals surface area contributed by atoms with Gasteiger partial charge in [0, 0.05) is 13.7 Å². The number of aliphatic hydroxyl groups is 1. The Bertz CT molecular complexity index is 343. The summed E-state index contributed by atoms with van der Waals surface area (Å²) in [6, 6.07) is 0. The minimum Gasteiger partial charge on any atom is -0.393 e. The molecule has 0 aromatic heterocycles. The van der Waals surface area contributed by atoms with Gasteiger partial charge in [-0.05, 0) is 89.1 Å². The van der Waals surface area contributed by atoms with E-state index in [0.29, 0.717) is 24.0 Å². The van der Waals surface area contributed by atoms with Gasteiger partial charge < -0.3 is 19.5 Å². The van der Waals surface area contributed by atoms with Gasteiger partial charge >= 0.3 is 0 Å².